The second-order valence-corrected chi connectivity index (χ2v) is 8.80. The van der Waals surface area contributed by atoms with Crippen molar-refractivity contribution in [3.63, 3.8) is 0 Å². The highest BCUT2D eigenvalue weighted by molar-refractivity contribution is 7.89. The molecule has 0 unspecified atom stereocenters. The first-order valence-corrected chi connectivity index (χ1v) is 10.0. The van der Waals surface area contributed by atoms with Crippen LogP contribution in [-0.4, -0.2) is 49.6 Å². The minimum absolute atomic E-state index is 0.0667. The highest BCUT2D eigenvalue weighted by atomic mass is 32.2. The fourth-order valence-corrected chi connectivity index (χ4v) is 3.97. The maximum absolute atomic E-state index is 12.7. The molecule has 0 saturated heterocycles. The van der Waals surface area contributed by atoms with Crippen LogP contribution >= 0.6 is 0 Å². The molecule has 1 aliphatic heterocycles. The number of sulfonamides is 1. The van der Waals surface area contributed by atoms with Gasteiger partial charge in [-0.1, -0.05) is 30.8 Å². The molecule has 0 spiro atoms. The van der Waals surface area contributed by atoms with E-state index in [4.69, 9.17) is 0 Å². The van der Waals surface area contributed by atoms with Crippen molar-refractivity contribution < 1.29 is 18.0 Å². The summed E-state index contributed by atoms with van der Waals surface area (Å²) in [5.74, 6) is -0.728. The Balaban J connectivity index is 1.81. The quantitative estimate of drug-likeness (QED) is 0.836. The molecule has 1 atom stereocenters. The highest BCUT2D eigenvalue weighted by Gasteiger charge is 2.36. The number of rotatable bonds is 5. The second-order valence-electron chi connectivity index (χ2n) is 6.65. The van der Waals surface area contributed by atoms with Gasteiger partial charge in [-0.2, -0.15) is 0 Å². The van der Waals surface area contributed by atoms with Crippen molar-refractivity contribution in [2.45, 2.75) is 17.9 Å². The molecule has 1 aliphatic rings. The molecule has 1 heterocycles. The standard InChI is InChI=1S/C20H21N3O4S/c1-13-17-10-5-6-11-18(17)20(25)23(13)14(2)19(24)21-15-8-7-9-16(12-15)28(26,27)22(3)4/h5-12,14H,1H2,2-4H3,(H,21,24)/t14-/m1/s1. The van der Waals surface area contributed by atoms with Crippen LogP contribution in [0.15, 0.2) is 60.0 Å². The summed E-state index contributed by atoms with van der Waals surface area (Å²) in [5, 5.41) is 2.68. The Morgan fingerprint density at radius 3 is 2.36 bits per heavy atom. The fourth-order valence-electron chi connectivity index (χ4n) is 3.02. The number of hydrogen-bond donors (Lipinski definition) is 1. The number of amides is 2. The fraction of sp³-hybridized carbons (Fsp3) is 0.200. The molecule has 146 valence electrons. The largest absolute Gasteiger partial charge is 0.324 e. The highest BCUT2D eigenvalue weighted by Crippen LogP contribution is 2.33. The van der Waals surface area contributed by atoms with E-state index in [1.807, 2.05) is 6.07 Å². The van der Waals surface area contributed by atoms with Crippen molar-refractivity contribution in [3.8, 4) is 0 Å². The third-order valence-electron chi connectivity index (χ3n) is 4.62. The van der Waals surface area contributed by atoms with Gasteiger partial charge in [-0.3, -0.25) is 14.5 Å². The summed E-state index contributed by atoms with van der Waals surface area (Å²) in [4.78, 5) is 26.8. The Morgan fingerprint density at radius 1 is 1.11 bits per heavy atom. The van der Waals surface area contributed by atoms with Crippen molar-refractivity contribution in [3.05, 3.63) is 66.2 Å². The lowest BCUT2D eigenvalue weighted by atomic mass is 10.1. The Bertz CT molecular complexity index is 1040. The lowest BCUT2D eigenvalue weighted by Crippen LogP contribution is -2.41. The third-order valence-corrected chi connectivity index (χ3v) is 6.44. The first kappa shape index (κ1) is 19.8. The number of anilines is 1. The monoisotopic (exact) mass is 399 g/mol. The Morgan fingerprint density at radius 2 is 1.75 bits per heavy atom. The van der Waals surface area contributed by atoms with Crippen LogP contribution in [0, 0.1) is 0 Å². The van der Waals surface area contributed by atoms with Crippen LogP contribution in [0.5, 0.6) is 0 Å². The van der Waals surface area contributed by atoms with E-state index in [9.17, 15) is 18.0 Å². The van der Waals surface area contributed by atoms with Gasteiger partial charge < -0.3 is 5.32 Å². The van der Waals surface area contributed by atoms with Crippen LogP contribution in [0.3, 0.4) is 0 Å². The number of carbonyl (C=O) groups is 2. The van der Waals surface area contributed by atoms with E-state index in [0.717, 1.165) is 4.31 Å². The zero-order chi connectivity index (χ0) is 20.6. The maximum Gasteiger partial charge on any atom is 0.259 e. The summed E-state index contributed by atoms with van der Waals surface area (Å²) < 4.78 is 25.6. The van der Waals surface area contributed by atoms with Gasteiger partial charge in [0.2, 0.25) is 15.9 Å². The van der Waals surface area contributed by atoms with Gasteiger partial charge in [0.15, 0.2) is 0 Å². The molecule has 2 amide bonds. The molecular weight excluding hydrogens is 378 g/mol. The topological polar surface area (TPSA) is 86.8 Å². The molecule has 7 nitrogen and oxygen atoms in total. The lowest BCUT2D eigenvalue weighted by Gasteiger charge is -2.24. The van der Waals surface area contributed by atoms with Crippen molar-refractivity contribution in [2.75, 3.05) is 19.4 Å². The first-order valence-electron chi connectivity index (χ1n) is 8.60. The van der Waals surface area contributed by atoms with Gasteiger partial charge in [0.05, 0.1) is 4.90 Å². The van der Waals surface area contributed by atoms with Gasteiger partial charge in [-0.15, -0.1) is 0 Å². The maximum atomic E-state index is 12.7. The number of fused-ring (bicyclic) bond motifs is 1. The molecule has 2 aromatic rings. The molecule has 28 heavy (non-hydrogen) atoms. The smallest absolute Gasteiger partial charge is 0.259 e. The van der Waals surface area contributed by atoms with Gasteiger partial charge in [0.25, 0.3) is 5.91 Å². The number of nitrogens with one attached hydrogen (secondary N) is 1. The number of hydrogen-bond acceptors (Lipinski definition) is 4. The predicted octanol–water partition coefficient (Wildman–Crippen LogP) is 2.39. The number of benzene rings is 2. The van der Waals surface area contributed by atoms with Crippen LogP contribution in [0.1, 0.15) is 22.8 Å². The lowest BCUT2D eigenvalue weighted by molar-refractivity contribution is -0.119. The second kappa shape index (κ2) is 7.21. The van der Waals surface area contributed by atoms with E-state index in [0.29, 0.717) is 22.5 Å². The summed E-state index contributed by atoms with van der Waals surface area (Å²) >= 11 is 0. The molecule has 2 aromatic carbocycles. The zero-order valence-corrected chi connectivity index (χ0v) is 16.7. The van der Waals surface area contributed by atoms with Crippen LogP contribution in [0.25, 0.3) is 5.70 Å². The molecule has 1 N–H and O–H groups in total. The van der Waals surface area contributed by atoms with Gasteiger partial charge in [0.1, 0.15) is 6.04 Å². The van der Waals surface area contributed by atoms with Gasteiger partial charge in [-0.25, -0.2) is 12.7 Å². The molecular formula is C20H21N3O4S. The zero-order valence-electron chi connectivity index (χ0n) is 15.8. The van der Waals surface area contributed by atoms with Crippen LogP contribution in [0.2, 0.25) is 0 Å². The van der Waals surface area contributed by atoms with E-state index < -0.39 is 22.0 Å². The Labute approximate surface area is 164 Å². The minimum Gasteiger partial charge on any atom is -0.324 e. The van der Waals surface area contributed by atoms with Gasteiger partial charge in [-0.05, 0) is 31.2 Å². The normalized spacial score (nSPS) is 14.9. The van der Waals surface area contributed by atoms with Crippen LogP contribution < -0.4 is 5.32 Å². The van der Waals surface area contributed by atoms with Crippen LogP contribution in [0.4, 0.5) is 5.69 Å². The predicted molar refractivity (Wildman–Crippen MR) is 107 cm³/mol. The minimum atomic E-state index is -3.62. The molecule has 0 bridgehead atoms. The number of carbonyl (C=O) groups excluding carboxylic acids is 2. The third kappa shape index (κ3) is 3.32. The van der Waals surface area contributed by atoms with Crippen molar-refractivity contribution in [1.29, 1.82) is 0 Å². The van der Waals surface area contributed by atoms with Crippen LogP contribution in [-0.2, 0) is 14.8 Å². The van der Waals surface area contributed by atoms with E-state index in [1.54, 1.807) is 37.3 Å². The average Bonchev–Trinajstić information content (AvgIpc) is 2.92. The summed E-state index contributed by atoms with van der Waals surface area (Å²) in [6, 6.07) is 12.2. The molecule has 8 heteroatoms. The molecule has 0 aromatic heterocycles. The SMILES string of the molecule is C=C1c2ccccc2C(=O)N1[C@H](C)C(=O)Nc1cccc(S(=O)(=O)N(C)C)c1. The van der Waals surface area contributed by atoms with Crippen molar-refractivity contribution >= 4 is 33.2 Å². The molecule has 0 saturated carbocycles. The number of nitrogens with zero attached hydrogens (tertiary/aromatic N) is 2. The molecule has 0 fully saturated rings. The Kier molecular flexibility index (Phi) is 5.10. The van der Waals surface area contributed by atoms with E-state index in [-0.39, 0.29) is 10.8 Å². The van der Waals surface area contributed by atoms with Crippen molar-refractivity contribution in [1.82, 2.24) is 9.21 Å². The van der Waals surface area contributed by atoms with E-state index >= 15 is 0 Å². The summed E-state index contributed by atoms with van der Waals surface area (Å²) in [5.41, 5.74) is 2.00. The van der Waals surface area contributed by atoms with Crippen molar-refractivity contribution in [2.24, 2.45) is 0 Å². The summed E-state index contributed by atoms with van der Waals surface area (Å²) in [7, 11) is -0.751. The Hall–Kier alpha value is -2.97. The van der Waals surface area contributed by atoms with Gasteiger partial charge >= 0.3 is 0 Å². The molecule has 3 rings (SSSR count). The van der Waals surface area contributed by atoms with E-state index in [2.05, 4.69) is 11.9 Å². The van der Waals surface area contributed by atoms with E-state index in [1.165, 1.54) is 31.1 Å². The summed E-state index contributed by atoms with van der Waals surface area (Å²) in [6.45, 7) is 5.55. The van der Waals surface area contributed by atoms with Gasteiger partial charge in [0, 0.05) is 36.6 Å². The molecule has 0 radical (unpaired) electrons. The first-order chi connectivity index (χ1) is 13.1. The average molecular weight is 399 g/mol. The molecule has 0 aliphatic carbocycles. The summed E-state index contributed by atoms with van der Waals surface area (Å²) in [6.07, 6.45) is 0.